The molecule has 3 rings (SSSR count). The minimum atomic E-state index is -4.81. The van der Waals surface area contributed by atoms with Crippen LogP contribution in [-0.2, 0) is 32.3 Å². The van der Waals surface area contributed by atoms with Gasteiger partial charge in [0.1, 0.15) is 18.3 Å². The Hall–Kier alpha value is -3.77. The van der Waals surface area contributed by atoms with Gasteiger partial charge in [-0.25, -0.2) is 8.42 Å². The van der Waals surface area contributed by atoms with Gasteiger partial charge in [0.25, 0.3) is 10.0 Å². The van der Waals surface area contributed by atoms with E-state index in [0.29, 0.717) is 21.7 Å². The minimum Gasteiger partial charge on any atom is -0.497 e. The number of ether oxygens (including phenoxy) is 1. The van der Waals surface area contributed by atoms with Crippen molar-refractivity contribution in [3.63, 3.8) is 0 Å². The molecule has 0 unspecified atom stereocenters. The Labute approximate surface area is 241 Å². The molecule has 0 heterocycles. The molecule has 3 aromatic rings. The first-order valence-corrected chi connectivity index (χ1v) is 14.2. The number of likely N-dealkylation sites (N-methyl/N-ethyl adjacent to an activating group) is 1. The Balaban J connectivity index is 2.16. The summed E-state index contributed by atoms with van der Waals surface area (Å²) in [5.41, 5.74) is -1.11. The Morgan fingerprint density at radius 3 is 2.29 bits per heavy atom. The molecule has 13 heteroatoms. The smallest absolute Gasteiger partial charge is 0.416 e. The number of hydrogen-bond acceptors (Lipinski definition) is 5. The van der Waals surface area contributed by atoms with Crippen LogP contribution in [-0.4, -0.2) is 51.9 Å². The standard InChI is InChI=1S/C28H29ClF3N3O5S/c1-4-24(27(37)33-2)34(17-19-9-8-10-21(15-19)40-3)26(36)18-35(41(38,39)22-11-6-5-7-12-22)25-16-20(28(30,31)32)13-14-23(25)29/h5-16,24H,4,17-18H2,1-3H3,(H,33,37)/t24-/m1/s1. The monoisotopic (exact) mass is 611 g/mol. The first-order valence-electron chi connectivity index (χ1n) is 12.4. The van der Waals surface area contributed by atoms with E-state index in [4.69, 9.17) is 16.3 Å². The third-order valence-electron chi connectivity index (χ3n) is 6.27. The number of nitrogens with zero attached hydrogens (tertiary/aromatic N) is 2. The number of rotatable bonds is 11. The molecule has 41 heavy (non-hydrogen) atoms. The van der Waals surface area contributed by atoms with E-state index < -0.39 is 51.9 Å². The summed E-state index contributed by atoms with van der Waals surface area (Å²) < 4.78 is 74.2. The molecule has 3 aromatic carbocycles. The summed E-state index contributed by atoms with van der Waals surface area (Å²) in [7, 11) is -1.73. The minimum absolute atomic E-state index is 0.114. The second kappa shape index (κ2) is 13.3. The molecule has 0 aliphatic rings. The van der Waals surface area contributed by atoms with Crippen LogP contribution in [0, 0.1) is 0 Å². The third-order valence-corrected chi connectivity index (χ3v) is 8.37. The molecule has 0 saturated heterocycles. The summed E-state index contributed by atoms with van der Waals surface area (Å²) in [5.74, 6) is -0.846. The lowest BCUT2D eigenvalue weighted by atomic mass is 10.1. The van der Waals surface area contributed by atoms with Crippen molar-refractivity contribution in [3.05, 3.63) is 88.9 Å². The molecule has 0 aromatic heterocycles. The molecule has 8 nitrogen and oxygen atoms in total. The number of sulfonamides is 1. The predicted molar refractivity (Wildman–Crippen MR) is 149 cm³/mol. The van der Waals surface area contributed by atoms with E-state index >= 15 is 0 Å². The molecule has 220 valence electrons. The van der Waals surface area contributed by atoms with E-state index in [1.54, 1.807) is 37.3 Å². The number of carbonyl (C=O) groups excluding carboxylic acids is 2. The average molecular weight is 612 g/mol. The van der Waals surface area contributed by atoms with Gasteiger partial charge in [0, 0.05) is 13.6 Å². The lowest BCUT2D eigenvalue weighted by molar-refractivity contribution is -0.140. The Morgan fingerprint density at radius 1 is 1.02 bits per heavy atom. The van der Waals surface area contributed by atoms with Gasteiger partial charge in [-0.3, -0.25) is 13.9 Å². The second-order valence-electron chi connectivity index (χ2n) is 8.90. The topological polar surface area (TPSA) is 96.0 Å². The van der Waals surface area contributed by atoms with Gasteiger partial charge >= 0.3 is 6.18 Å². The van der Waals surface area contributed by atoms with Crippen LogP contribution in [0.1, 0.15) is 24.5 Å². The predicted octanol–water partition coefficient (Wildman–Crippen LogP) is 5.12. The zero-order chi connectivity index (χ0) is 30.4. The Morgan fingerprint density at radius 2 is 1.71 bits per heavy atom. The highest BCUT2D eigenvalue weighted by molar-refractivity contribution is 7.92. The van der Waals surface area contributed by atoms with E-state index in [1.165, 1.54) is 43.3 Å². The zero-order valence-corrected chi connectivity index (χ0v) is 24.1. The van der Waals surface area contributed by atoms with Gasteiger partial charge in [-0.05, 0) is 54.4 Å². The molecular formula is C28H29ClF3N3O5S. The fourth-order valence-corrected chi connectivity index (χ4v) is 5.88. The Bertz CT molecular complexity index is 1490. The van der Waals surface area contributed by atoms with Gasteiger partial charge in [-0.2, -0.15) is 13.2 Å². The largest absolute Gasteiger partial charge is 0.497 e. The highest BCUT2D eigenvalue weighted by Gasteiger charge is 2.36. The van der Waals surface area contributed by atoms with Crippen molar-refractivity contribution in [2.24, 2.45) is 0 Å². The summed E-state index contributed by atoms with van der Waals surface area (Å²) in [6.07, 6.45) is -4.64. The molecular weight excluding hydrogens is 583 g/mol. The summed E-state index contributed by atoms with van der Waals surface area (Å²) in [4.78, 5) is 27.6. The van der Waals surface area contributed by atoms with Crippen LogP contribution >= 0.6 is 11.6 Å². The number of benzene rings is 3. The van der Waals surface area contributed by atoms with Crippen LogP contribution in [0.2, 0.25) is 5.02 Å². The van der Waals surface area contributed by atoms with Crippen molar-refractivity contribution >= 4 is 39.1 Å². The third kappa shape index (κ3) is 7.50. The highest BCUT2D eigenvalue weighted by atomic mass is 35.5. The molecule has 0 bridgehead atoms. The highest BCUT2D eigenvalue weighted by Crippen LogP contribution is 2.37. The van der Waals surface area contributed by atoms with Gasteiger partial charge in [0.05, 0.1) is 28.3 Å². The van der Waals surface area contributed by atoms with Crippen LogP contribution in [0.5, 0.6) is 5.75 Å². The number of nitrogens with one attached hydrogen (secondary N) is 1. The molecule has 0 saturated carbocycles. The SMILES string of the molecule is CC[C@H](C(=O)NC)N(Cc1cccc(OC)c1)C(=O)CN(c1cc(C(F)(F)F)ccc1Cl)S(=O)(=O)c1ccccc1. The van der Waals surface area contributed by atoms with Crippen molar-refractivity contribution < 1.29 is 35.9 Å². The number of amides is 2. The Kier molecular flexibility index (Phi) is 10.3. The van der Waals surface area contributed by atoms with Crippen molar-refractivity contribution in [2.45, 2.75) is 37.0 Å². The summed E-state index contributed by atoms with van der Waals surface area (Å²) >= 11 is 6.25. The number of hydrogen-bond donors (Lipinski definition) is 1. The molecule has 2 amide bonds. The van der Waals surface area contributed by atoms with E-state index in [1.807, 2.05) is 0 Å². The van der Waals surface area contributed by atoms with Crippen LogP contribution < -0.4 is 14.4 Å². The van der Waals surface area contributed by atoms with Gasteiger partial charge in [-0.1, -0.05) is 48.9 Å². The fourth-order valence-electron chi connectivity index (χ4n) is 4.17. The number of anilines is 1. The number of alkyl halides is 3. The van der Waals surface area contributed by atoms with Crippen molar-refractivity contribution in [1.82, 2.24) is 10.2 Å². The maximum atomic E-state index is 13.9. The summed E-state index contributed by atoms with van der Waals surface area (Å²) in [6.45, 7) is 0.626. The maximum Gasteiger partial charge on any atom is 0.416 e. The molecule has 0 aliphatic carbocycles. The number of methoxy groups -OCH3 is 1. The van der Waals surface area contributed by atoms with Gasteiger partial charge in [0.2, 0.25) is 11.8 Å². The molecule has 0 radical (unpaired) electrons. The molecule has 0 fully saturated rings. The molecule has 0 aliphatic heterocycles. The quantitative estimate of drug-likeness (QED) is 0.325. The van der Waals surface area contributed by atoms with Crippen LogP contribution in [0.4, 0.5) is 18.9 Å². The fraction of sp³-hybridized carbons (Fsp3) is 0.286. The average Bonchev–Trinajstić information content (AvgIpc) is 2.95. The van der Waals surface area contributed by atoms with Gasteiger partial charge in [-0.15, -0.1) is 0 Å². The van der Waals surface area contributed by atoms with E-state index in [-0.39, 0.29) is 22.9 Å². The van der Waals surface area contributed by atoms with Gasteiger partial charge in [0.15, 0.2) is 0 Å². The van der Waals surface area contributed by atoms with Crippen molar-refractivity contribution in [3.8, 4) is 5.75 Å². The summed E-state index contributed by atoms with van der Waals surface area (Å²) in [5, 5.41) is 2.18. The van der Waals surface area contributed by atoms with E-state index in [0.717, 1.165) is 12.1 Å². The van der Waals surface area contributed by atoms with Gasteiger partial charge < -0.3 is 15.0 Å². The van der Waals surface area contributed by atoms with Crippen LogP contribution in [0.3, 0.4) is 0 Å². The first-order chi connectivity index (χ1) is 19.3. The van der Waals surface area contributed by atoms with Crippen molar-refractivity contribution in [1.29, 1.82) is 0 Å². The molecule has 0 spiro atoms. The summed E-state index contributed by atoms with van der Waals surface area (Å²) in [6, 6.07) is 14.9. The molecule has 1 atom stereocenters. The lowest BCUT2D eigenvalue weighted by Gasteiger charge is -2.33. The van der Waals surface area contributed by atoms with Crippen molar-refractivity contribution in [2.75, 3.05) is 25.0 Å². The van der Waals surface area contributed by atoms with Crippen LogP contribution in [0.15, 0.2) is 77.7 Å². The first kappa shape index (κ1) is 31.8. The van der Waals surface area contributed by atoms with Crippen LogP contribution in [0.25, 0.3) is 0 Å². The normalized spacial score (nSPS) is 12.4. The molecule has 1 N–H and O–H groups in total. The zero-order valence-electron chi connectivity index (χ0n) is 22.5. The lowest BCUT2D eigenvalue weighted by Crippen LogP contribution is -2.51. The van der Waals surface area contributed by atoms with E-state index in [9.17, 15) is 31.2 Å². The number of halogens is 4. The maximum absolute atomic E-state index is 13.9. The second-order valence-corrected chi connectivity index (χ2v) is 11.2. The van der Waals surface area contributed by atoms with E-state index in [2.05, 4.69) is 5.32 Å². The number of carbonyl (C=O) groups is 2.